The van der Waals surface area contributed by atoms with Crippen LogP contribution in [0.1, 0.15) is 26.7 Å². The minimum absolute atomic E-state index is 0.0499. The van der Waals surface area contributed by atoms with Gasteiger partial charge >= 0.3 is 0 Å². The molecule has 1 aliphatic rings. The first-order chi connectivity index (χ1) is 11.3. The third-order valence-corrected chi connectivity index (χ3v) is 3.93. The number of hydrogen-bond donors (Lipinski definition) is 3. The first-order valence-corrected chi connectivity index (χ1v) is 8.32. The van der Waals surface area contributed by atoms with Gasteiger partial charge in [0, 0.05) is 40.8 Å². The van der Waals surface area contributed by atoms with E-state index in [9.17, 15) is 9.59 Å². The van der Waals surface area contributed by atoms with E-state index in [0.717, 1.165) is 19.4 Å². The average Bonchev–Trinajstić information content (AvgIpc) is 3.06. The molecule has 3 N–H and O–H groups in total. The summed E-state index contributed by atoms with van der Waals surface area (Å²) in [5.74, 6) is 0.370. The third-order valence-electron chi connectivity index (χ3n) is 3.93. The highest BCUT2D eigenvalue weighted by molar-refractivity contribution is 5.86. The van der Waals surface area contributed by atoms with Gasteiger partial charge in [0.05, 0.1) is 11.5 Å². The van der Waals surface area contributed by atoms with E-state index >= 15 is 0 Å². The number of carbonyl (C=O) groups excluding carboxylic acids is 2. The summed E-state index contributed by atoms with van der Waals surface area (Å²) in [6.45, 7) is 5.56. The number of ether oxygens (including phenoxy) is 1. The second-order valence-electron chi connectivity index (χ2n) is 6.79. The number of carbonyl (C=O) groups is 2. The number of rotatable bonds is 7. The van der Waals surface area contributed by atoms with Gasteiger partial charge in [0.1, 0.15) is 6.54 Å². The van der Waals surface area contributed by atoms with Crippen molar-refractivity contribution >= 4 is 17.8 Å². The molecule has 0 aromatic heterocycles. The smallest absolute Gasteiger partial charge is 0.243 e. The van der Waals surface area contributed by atoms with Gasteiger partial charge in [-0.05, 0) is 26.7 Å². The molecule has 2 amide bonds. The number of guanidine groups is 1. The Morgan fingerprint density at radius 3 is 2.54 bits per heavy atom. The maximum atomic E-state index is 11.9. The van der Waals surface area contributed by atoms with E-state index < -0.39 is 5.41 Å². The Morgan fingerprint density at radius 1 is 1.29 bits per heavy atom. The van der Waals surface area contributed by atoms with Gasteiger partial charge in [-0.1, -0.05) is 0 Å². The lowest BCUT2D eigenvalue weighted by molar-refractivity contribution is -0.128. The van der Waals surface area contributed by atoms with Crippen LogP contribution in [0.5, 0.6) is 0 Å². The zero-order chi connectivity index (χ0) is 18.2. The summed E-state index contributed by atoms with van der Waals surface area (Å²) < 4.78 is 5.58. The van der Waals surface area contributed by atoms with E-state index in [0.29, 0.717) is 19.0 Å². The van der Waals surface area contributed by atoms with Crippen LogP contribution < -0.4 is 16.0 Å². The topological polar surface area (TPSA) is 95.1 Å². The van der Waals surface area contributed by atoms with Gasteiger partial charge in [-0.15, -0.1) is 0 Å². The molecule has 1 heterocycles. The molecule has 1 unspecified atom stereocenters. The molecule has 1 atom stereocenters. The van der Waals surface area contributed by atoms with Crippen molar-refractivity contribution in [2.45, 2.75) is 32.8 Å². The number of likely N-dealkylation sites (N-methyl/N-ethyl adjacent to an activating group) is 1. The molecule has 138 valence electrons. The molecule has 1 aliphatic heterocycles. The van der Waals surface area contributed by atoms with Crippen molar-refractivity contribution < 1.29 is 14.3 Å². The van der Waals surface area contributed by atoms with Crippen LogP contribution in [-0.2, 0) is 14.3 Å². The lowest BCUT2D eigenvalue weighted by Crippen LogP contribution is -2.48. The van der Waals surface area contributed by atoms with Gasteiger partial charge in [-0.3, -0.25) is 9.59 Å². The van der Waals surface area contributed by atoms with E-state index in [-0.39, 0.29) is 24.5 Å². The summed E-state index contributed by atoms with van der Waals surface area (Å²) in [7, 11) is 5.00. The SMILES string of the molecule is CNC(=O)C(C)(C)CNC(=NCC(=O)N(C)C)NCC1CCCO1. The lowest BCUT2D eigenvalue weighted by Gasteiger charge is -2.24. The number of nitrogens with zero attached hydrogens (tertiary/aromatic N) is 2. The van der Waals surface area contributed by atoms with Gasteiger partial charge in [-0.25, -0.2) is 4.99 Å². The Bertz CT molecular complexity index is 457. The van der Waals surface area contributed by atoms with Crippen molar-refractivity contribution in [3.63, 3.8) is 0 Å². The minimum Gasteiger partial charge on any atom is -0.376 e. The molecular weight excluding hydrogens is 310 g/mol. The summed E-state index contributed by atoms with van der Waals surface area (Å²) in [6, 6.07) is 0. The Labute approximate surface area is 144 Å². The molecule has 0 spiro atoms. The van der Waals surface area contributed by atoms with Gasteiger partial charge in [0.15, 0.2) is 5.96 Å². The highest BCUT2D eigenvalue weighted by Gasteiger charge is 2.27. The summed E-state index contributed by atoms with van der Waals surface area (Å²) in [5.41, 5.74) is -0.591. The fourth-order valence-corrected chi connectivity index (χ4v) is 2.20. The van der Waals surface area contributed by atoms with Crippen LogP contribution in [0.15, 0.2) is 4.99 Å². The highest BCUT2D eigenvalue weighted by atomic mass is 16.5. The average molecular weight is 341 g/mol. The molecule has 24 heavy (non-hydrogen) atoms. The van der Waals surface area contributed by atoms with E-state index in [4.69, 9.17) is 4.74 Å². The fourth-order valence-electron chi connectivity index (χ4n) is 2.20. The van der Waals surface area contributed by atoms with Crippen molar-refractivity contribution in [2.75, 3.05) is 47.4 Å². The first-order valence-electron chi connectivity index (χ1n) is 8.32. The molecule has 1 saturated heterocycles. The predicted molar refractivity (Wildman–Crippen MR) is 93.8 cm³/mol. The monoisotopic (exact) mass is 341 g/mol. The second kappa shape index (κ2) is 9.46. The molecule has 0 radical (unpaired) electrons. The van der Waals surface area contributed by atoms with Gasteiger partial charge in [-0.2, -0.15) is 0 Å². The van der Waals surface area contributed by atoms with E-state index in [1.54, 1.807) is 21.1 Å². The summed E-state index contributed by atoms with van der Waals surface area (Å²) in [5, 5.41) is 8.99. The zero-order valence-electron chi connectivity index (χ0n) is 15.4. The Kier molecular flexibility index (Phi) is 7.97. The van der Waals surface area contributed by atoms with Crippen LogP contribution >= 0.6 is 0 Å². The van der Waals surface area contributed by atoms with E-state index in [1.165, 1.54) is 4.90 Å². The Morgan fingerprint density at radius 2 is 2.00 bits per heavy atom. The summed E-state index contributed by atoms with van der Waals surface area (Å²) in [6.07, 6.45) is 2.24. The molecular formula is C16H31N5O3. The fraction of sp³-hybridized carbons (Fsp3) is 0.812. The maximum absolute atomic E-state index is 11.9. The first kappa shape index (κ1) is 20.2. The lowest BCUT2D eigenvalue weighted by atomic mass is 9.92. The molecule has 1 rings (SSSR count). The van der Waals surface area contributed by atoms with Crippen LogP contribution in [0.4, 0.5) is 0 Å². The molecule has 0 aliphatic carbocycles. The number of hydrogen-bond acceptors (Lipinski definition) is 4. The van der Waals surface area contributed by atoms with Crippen LogP contribution in [0.2, 0.25) is 0 Å². The van der Waals surface area contributed by atoms with Crippen molar-refractivity contribution in [3.05, 3.63) is 0 Å². The van der Waals surface area contributed by atoms with Crippen molar-refractivity contribution in [1.29, 1.82) is 0 Å². The molecule has 0 aromatic rings. The Hall–Kier alpha value is -1.83. The highest BCUT2D eigenvalue weighted by Crippen LogP contribution is 2.13. The standard InChI is InChI=1S/C16H31N5O3/c1-16(2,14(23)17-3)11-20-15(19-10-13(22)21(4)5)18-9-12-7-6-8-24-12/h12H,6-11H2,1-5H3,(H,17,23)(H2,18,19,20). The molecule has 0 aromatic carbocycles. The number of aliphatic imine (C=N–C) groups is 1. The third kappa shape index (κ3) is 6.74. The quantitative estimate of drug-likeness (QED) is 0.431. The van der Waals surface area contributed by atoms with Crippen LogP contribution in [0.25, 0.3) is 0 Å². The van der Waals surface area contributed by atoms with Gasteiger partial charge in [0.2, 0.25) is 11.8 Å². The minimum atomic E-state index is -0.591. The van der Waals surface area contributed by atoms with Crippen molar-refractivity contribution in [2.24, 2.45) is 10.4 Å². The summed E-state index contributed by atoms with van der Waals surface area (Å²) >= 11 is 0. The Balaban J connectivity index is 2.63. The van der Waals surface area contributed by atoms with E-state index in [2.05, 4.69) is 20.9 Å². The second-order valence-corrected chi connectivity index (χ2v) is 6.79. The van der Waals surface area contributed by atoms with Crippen LogP contribution in [0, 0.1) is 5.41 Å². The molecule has 8 nitrogen and oxygen atoms in total. The number of nitrogens with one attached hydrogen (secondary N) is 3. The van der Waals surface area contributed by atoms with Gasteiger partial charge < -0.3 is 25.6 Å². The normalized spacial score (nSPS) is 18.2. The largest absolute Gasteiger partial charge is 0.376 e. The number of amides is 2. The van der Waals surface area contributed by atoms with Crippen molar-refractivity contribution in [3.8, 4) is 0 Å². The van der Waals surface area contributed by atoms with E-state index in [1.807, 2.05) is 13.8 Å². The molecule has 1 fully saturated rings. The molecule has 8 heteroatoms. The molecule has 0 saturated carbocycles. The summed E-state index contributed by atoms with van der Waals surface area (Å²) in [4.78, 5) is 29.4. The van der Waals surface area contributed by atoms with Crippen molar-refractivity contribution in [1.82, 2.24) is 20.9 Å². The predicted octanol–water partition coefficient (Wildman–Crippen LogP) is -0.439. The van der Waals surface area contributed by atoms with Crippen LogP contribution in [-0.4, -0.2) is 76.2 Å². The zero-order valence-corrected chi connectivity index (χ0v) is 15.4. The molecule has 0 bridgehead atoms. The maximum Gasteiger partial charge on any atom is 0.243 e. The van der Waals surface area contributed by atoms with Gasteiger partial charge in [0.25, 0.3) is 0 Å². The van der Waals surface area contributed by atoms with Crippen LogP contribution in [0.3, 0.4) is 0 Å².